The molecule has 0 radical (unpaired) electrons. The first kappa shape index (κ1) is 27.0. The van der Waals surface area contributed by atoms with Gasteiger partial charge < -0.3 is 0 Å². The van der Waals surface area contributed by atoms with Gasteiger partial charge in [0.25, 0.3) is 0 Å². The van der Waals surface area contributed by atoms with Gasteiger partial charge in [0.05, 0.1) is 0 Å². The predicted molar refractivity (Wildman–Crippen MR) is 203 cm³/mol. The van der Waals surface area contributed by atoms with Crippen molar-refractivity contribution in [2.24, 2.45) is 0 Å². The van der Waals surface area contributed by atoms with Crippen LogP contribution in [0.5, 0.6) is 0 Å². The van der Waals surface area contributed by atoms with Crippen LogP contribution in [0, 0.1) is 0 Å². The zero-order chi connectivity index (χ0) is 31.3. The summed E-state index contributed by atoms with van der Waals surface area (Å²) < 4.78 is 2.95. The predicted octanol–water partition coefficient (Wildman–Crippen LogP) is 12.3. The van der Waals surface area contributed by atoms with E-state index in [1.807, 2.05) is 0 Å². The maximum atomic E-state index is 2.51. The van der Waals surface area contributed by atoms with Crippen molar-refractivity contribution in [1.82, 2.24) is 0 Å². The second kappa shape index (κ2) is 9.93. The van der Waals surface area contributed by atoms with Crippen LogP contribution in [-0.2, 0) is 5.41 Å². The van der Waals surface area contributed by atoms with Gasteiger partial charge in [-0.15, -0.1) is 0 Å². The van der Waals surface area contributed by atoms with Crippen LogP contribution >= 0.6 is 0 Å². The van der Waals surface area contributed by atoms with Gasteiger partial charge in [-0.25, -0.2) is 0 Å². The van der Waals surface area contributed by atoms with Crippen LogP contribution in [0.2, 0.25) is 0 Å². The van der Waals surface area contributed by atoms with Crippen LogP contribution in [0.25, 0.3) is 62.7 Å². The third kappa shape index (κ3) is 3.90. The molecule has 9 aromatic rings. The van der Waals surface area contributed by atoms with Gasteiger partial charge >= 0.3 is 281 Å². The van der Waals surface area contributed by atoms with E-state index in [4.69, 9.17) is 0 Å². The van der Waals surface area contributed by atoms with Crippen LogP contribution in [0.3, 0.4) is 0 Å². The molecule has 8 aromatic carbocycles. The molecule has 1 aliphatic carbocycles. The molecule has 1 heterocycles. The molecule has 0 atom stereocenters. The van der Waals surface area contributed by atoms with Gasteiger partial charge in [0.2, 0.25) is 0 Å². The van der Waals surface area contributed by atoms with Crippen LogP contribution in [-0.4, -0.2) is 14.5 Å². The van der Waals surface area contributed by atoms with E-state index in [0.29, 0.717) is 0 Å². The van der Waals surface area contributed by atoms with Crippen molar-refractivity contribution in [2.45, 2.75) is 19.3 Å². The quantitative estimate of drug-likeness (QED) is 0.134. The van der Waals surface area contributed by atoms with Crippen molar-refractivity contribution in [3.8, 4) is 11.1 Å². The van der Waals surface area contributed by atoms with E-state index in [1.54, 1.807) is 0 Å². The van der Waals surface area contributed by atoms with E-state index in [9.17, 15) is 0 Å². The van der Waals surface area contributed by atoms with Gasteiger partial charge in [0.1, 0.15) is 0 Å². The summed E-state index contributed by atoms with van der Waals surface area (Å²) in [5.41, 5.74) is 9.05. The Labute approximate surface area is 280 Å². The van der Waals surface area contributed by atoms with Crippen molar-refractivity contribution < 1.29 is 0 Å². The van der Waals surface area contributed by atoms with E-state index in [-0.39, 0.29) is 19.9 Å². The minimum absolute atomic E-state index is 0.0302. The van der Waals surface area contributed by atoms with Crippen molar-refractivity contribution in [1.29, 1.82) is 0 Å². The van der Waals surface area contributed by atoms with Crippen molar-refractivity contribution in [2.75, 3.05) is 4.90 Å². The molecule has 0 saturated heterocycles. The average Bonchev–Trinajstić information content (AvgIpc) is 3.61. The summed E-state index contributed by atoms with van der Waals surface area (Å²) in [7, 11) is 0. The Morgan fingerprint density at radius 2 is 1.15 bits per heavy atom. The molecule has 0 fully saturated rings. The number of nitrogens with zero attached hydrogens (tertiary/aromatic N) is 1. The summed E-state index contributed by atoms with van der Waals surface area (Å²) in [4.78, 5) is 2.51. The molecule has 0 saturated carbocycles. The monoisotopic (exact) mass is 665 g/mol. The SMILES string of the molecule is CC1(C)c2ccccc2-c2cc(N(c3ccc4ccccc4c3)c3cccc4[se]c5c(ccc6ccc7ccccc7c65)c34)ccc21. The molecule has 1 aliphatic rings. The first-order chi connectivity index (χ1) is 23.1. The molecule has 1 nitrogen and oxygen atoms in total. The van der Waals surface area contributed by atoms with Gasteiger partial charge in [0.15, 0.2) is 0 Å². The second-order valence-corrected chi connectivity index (χ2v) is 15.6. The van der Waals surface area contributed by atoms with E-state index in [2.05, 4.69) is 170 Å². The normalized spacial score (nSPS) is 13.5. The summed E-state index contributed by atoms with van der Waals surface area (Å²) in [6.45, 7) is 4.71. The van der Waals surface area contributed by atoms with Crippen LogP contribution < -0.4 is 4.90 Å². The Balaban J connectivity index is 1.28. The van der Waals surface area contributed by atoms with E-state index < -0.39 is 0 Å². The Kier molecular flexibility index (Phi) is 5.71. The van der Waals surface area contributed by atoms with Crippen molar-refractivity contribution in [3.05, 3.63) is 163 Å². The van der Waals surface area contributed by atoms with Crippen LogP contribution in [0.1, 0.15) is 25.0 Å². The van der Waals surface area contributed by atoms with Crippen molar-refractivity contribution in [3.63, 3.8) is 0 Å². The molecule has 1 aromatic heterocycles. The molecule has 2 heteroatoms. The molecule has 0 unspecified atom stereocenters. The summed E-state index contributed by atoms with van der Waals surface area (Å²) in [6, 6.07) is 56.8. The van der Waals surface area contributed by atoms with E-state index >= 15 is 0 Å². The van der Waals surface area contributed by atoms with Gasteiger partial charge in [0, 0.05) is 0 Å². The van der Waals surface area contributed by atoms with E-state index in [0.717, 1.165) is 0 Å². The Morgan fingerprint density at radius 3 is 2.06 bits per heavy atom. The summed E-state index contributed by atoms with van der Waals surface area (Å²) >= 11 is 0.195. The van der Waals surface area contributed by atoms with Gasteiger partial charge in [-0.2, -0.15) is 0 Å². The third-order valence-electron chi connectivity index (χ3n) is 10.4. The number of hydrogen-bond donors (Lipinski definition) is 0. The number of rotatable bonds is 3. The molecular weight excluding hydrogens is 633 g/mol. The number of benzene rings is 8. The average molecular weight is 665 g/mol. The fraction of sp³-hybridized carbons (Fsp3) is 0.0667. The molecule has 47 heavy (non-hydrogen) atoms. The fourth-order valence-electron chi connectivity index (χ4n) is 8.13. The fourth-order valence-corrected chi connectivity index (χ4v) is 10.8. The molecule has 0 spiro atoms. The van der Waals surface area contributed by atoms with Crippen LogP contribution in [0.4, 0.5) is 17.1 Å². The number of anilines is 3. The molecule has 10 rings (SSSR count). The standard InChI is InChI=1S/C45H31NSe/c1-45(2)38-15-8-7-14-35(38)37-27-33(23-25-39(37)45)46(32-22-20-28-10-3-4-12-31(28)26-32)40-16-9-17-41-43(40)36-24-21-30-19-18-29-11-5-6-13-34(29)42(30)44(36)47-41/h3-27H,1-2H3. The first-order valence-corrected chi connectivity index (χ1v) is 18.1. The Hall–Kier alpha value is -5.14. The van der Waals surface area contributed by atoms with Crippen LogP contribution in [0.15, 0.2) is 152 Å². The van der Waals surface area contributed by atoms with Gasteiger partial charge in [-0.05, 0) is 0 Å². The summed E-state index contributed by atoms with van der Waals surface area (Å²) in [6.07, 6.45) is 0. The maximum absolute atomic E-state index is 2.51. The van der Waals surface area contributed by atoms with Gasteiger partial charge in [-0.3, -0.25) is 0 Å². The van der Waals surface area contributed by atoms with Crippen molar-refractivity contribution >= 4 is 83.2 Å². The zero-order valence-electron chi connectivity index (χ0n) is 26.3. The Bertz CT molecular complexity index is 2730. The summed E-state index contributed by atoms with van der Waals surface area (Å²) in [5.74, 6) is 0. The third-order valence-corrected chi connectivity index (χ3v) is 12.9. The molecular formula is C45H31NSe. The molecule has 0 N–H and O–H groups in total. The summed E-state index contributed by atoms with van der Waals surface area (Å²) in [5, 5.41) is 10.6. The topological polar surface area (TPSA) is 3.24 Å². The molecule has 0 aliphatic heterocycles. The number of hydrogen-bond acceptors (Lipinski definition) is 1. The van der Waals surface area contributed by atoms with Gasteiger partial charge in [-0.1, -0.05) is 0 Å². The molecule has 0 bridgehead atoms. The first-order valence-electron chi connectivity index (χ1n) is 16.4. The van der Waals surface area contributed by atoms with E-state index in [1.165, 1.54) is 90.9 Å². The molecule has 222 valence electrons. The second-order valence-electron chi connectivity index (χ2n) is 13.3. The zero-order valence-corrected chi connectivity index (χ0v) is 28.0. The molecule has 0 amide bonds. The number of fused-ring (bicyclic) bond motifs is 11. The Morgan fingerprint density at radius 1 is 0.468 bits per heavy atom. The minimum atomic E-state index is -0.0302.